The topological polar surface area (TPSA) is 62.3 Å². The Morgan fingerprint density at radius 1 is 1.33 bits per heavy atom. The van der Waals surface area contributed by atoms with Gasteiger partial charge in [0.2, 0.25) is 0 Å². The molecule has 5 nitrogen and oxygen atoms in total. The molecule has 0 atom stereocenters. The van der Waals surface area contributed by atoms with E-state index in [0.29, 0.717) is 12.4 Å². The number of aryl methyl sites for hydroxylation is 1. The van der Waals surface area contributed by atoms with Gasteiger partial charge in [-0.25, -0.2) is 0 Å². The second kappa shape index (κ2) is 5.10. The maximum Gasteiger partial charge on any atom is 0.133 e. The van der Waals surface area contributed by atoms with E-state index in [1.165, 1.54) is 0 Å². The van der Waals surface area contributed by atoms with Gasteiger partial charge in [0.05, 0.1) is 19.4 Å². The summed E-state index contributed by atoms with van der Waals surface area (Å²) in [6.45, 7) is 0.499. The number of hydrogen-bond donors (Lipinski definition) is 1. The number of para-hydroxylation sites is 1. The number of nitrogens with zero attached hydrogens (tertiary/aromatic N) is 2. The molecule has 96 valence electrons. The van der Waals surface area contributed by atoms with Gasteiger partial charge in [-0.2, -0.15) is 5.10 Å². The first-order valence-corrected chi connectivity index (χ1v) is 5.62. The van der Waals surface area contributed by atoms with E-state index >= 15 is 0 Å². The van der Waals surface area contributed by atoms with Gasteiger partial charge in [-0.3, -0.25) is 4.68 Å². The minimum absolute atomic E-state index is 0.499. The van der Waals surface area contributed by atoms with Crippen molar-refractivity contribution in [3.05, 3.63) is 29.8 Å². The zero-order valence-electron chi connectivity index (χ0n) is 10.8. The highest BCUT2D eigenvalue weighted by atomic mass is 16.5. The number of ether oxygens (including phenoxy) is 2. The lowest BCUT2D eigenvalue weighted by atomic mass is 10.1. The largest absolute Gasteiger partial charge is 0.496 e. The van der Waals surface area contributed by atoms with Crippen LogP contribution in [0, 0.1) is 0 Å². The maximum absolute atomic E-state index is 5.80. The predicted molar refractivity (Wildman–Crippen MR) is 70.3 cm³/mol. The molecule has 0 aliphatic rings. The smallest absolute Gasteiger partial charge is 0.133 e. The molecule has 0 fully saturated rings. The molecule has 18 heavy (non-hydrogen) atoms. The maximum atomic E-state index is 5.80. The van der Waals surface area contributed by atoms with Crippen molar-refractivity contribution in [1.82, 2.24) is 9.78 Å². The van der Waals surface area contributed by atoms with E-state index in [1.807, 2.05) is 31.3 Å². The van der Waals surface area contributed by atoms with Gasteiger partial charge in [0.15, 0.2) is 0 Å². The molecule has 2 aromatic rings. The van der Waals surface area contributed by atoms with Crippen LogP contribution < -0.4 is 10.5 Å². The van der Waals surface area contributed by atoms with E-state index in [-0.39, 0.29) is 0 Å². The summed E-state index contributed by atoms with van der Waals surface area (Å²) in [5, 5.41) is 4.36. The Kier molecular flexibility index (Phi) is 3.53. The summed E-state index contributed by atoms with van der Waals surface area (Å²) < 4.78 is 12.3. The van der Waals surface area contributed by atoms with Crippen LogP contribution in [-0.2, 0) is 18.4 Å². The summed E-state index contributed by atoms with van der Waals surface area (Å²) in [5.41, 5.74) is 8.50. The second-order valence-corrected chi connectivity index (χ2v) is 4.01. The Hall–Kier alpha value is -2.01. The first-order chi connectivity index (χ1) is 8.67. The molecule has 5 heteroatoms. The van der Waals surface area contributed by atoms with Gasteiger partial charge in [0.25, 0.3) is 0 Å². The summed E-state index contributed by atoms with van der Waals surface area (Å²) in [4.78, 5) is 0. The molecule has 1 heterocycles. The second-order valence-electron chi connectivity index (χ2n) is 4.01. The van der Waals surface area contributed by atoms with Gasteiger partial charge in [0, 0.05) is 31.4 Å². The normalized spacial score (nSPS) is 10.6. The van der Waals surface area contributed by atoms with E-state index in [2.05, 4.69) is 5.10 Å². The highest BCUT2D eigenvalue weighted by molar-refractivity contribution is 5.71. The number of hydrogen-bond acceptors (Lipinski definition) is 4. The Labute approximate surface area is 106 Å². The summed E-state index contributed by atoms with van der Waals surface area (Å²) in [7, 11) is 5.11. The number of methoxy groups -OCH3 is 2. The van der Waals surface area contributed by atoms with Crippen molar-refractivity contribution in [2.75, 3.05) is 20.0 Å². The lowest BCUT2D eigenvalue weighted by Crippen LogP contribution is -1.98. The van der Waals surface area contributed by atoms with Gasteiger partial charge < -0.3 is 15.2 Å². The molecule has 0 aliphatic carbocycles. The van der Waals surface area contributed by atoms with Crippen molar-refractivity contribution >= 4 is 5.82 Å². The van der Waals surface area contributed by atoms with E-state index in [0.717, 1.165) is 22.6 Å². The number of rotatable bonds is 4. The molecular formula is C13H17N3O2. The van der Waals surface area contributed by atoms with Crippen LogP contribution in [0.3, 0.4) is 0 Å². The summed E-state index contributed by atoms with van der Waals surface area (Å²) in [6.07, 6.45) is 0. The van der Waals surface area contributed by atoms with E-state index in [4.69, 9.17) is 15.2 Å². The third kappa shape index (κ3) is 2.17. The SMILES string of the molecule is COCc1cccc(-c2cc(N)n(C)n2)c1OC. The van der Waals surface area contributed by atoms with Crippen molar-refractivity contribution in [2.45, 2.75) is 6.61 Å². The number of benzene rings is 1. The monoisotopic (exact) mass is 247 g/mol. The van der Waals surface area contributed by atoms with Crippen LogP contribution >= 0.6 is 0 Å². The molecule has 0 saturated heterocycles. The zero-order valence-corrected chi connectivity index (χ0v) is 10.8. The fourth-order valence-electron chi connectivity index (χ4n) is 1.91. The van der Waals surface area contributed by atoms with Crippen LogP contribution in [0.1, 0.15) is 5.56 Å². The van der Waals surface area contributed by atoms with E-state index in [1.54, 1.807) is 18.9 Å². The number of nitrogens with two attached hydrogens (primary N) is 1. The first-order valence-electron chi connectivity index (χ1n) is 5.62. The Balaban J connectivity index is 2.53. The fraction of sp³-hybridized carbons (Fsp3) is 0.308. The zero-order chi connectivity index (χ0) is 13.1. The summed E-state index contributed by atoms with van der Waals surface area (Å²) in [6, 6.07) is 7.71. The van der Waals surface area contributed by atoms with Crippen molar-refractivity contribution in [1.29, 1.82) is 0 Å². The van der Waals surface area contributed by atoms with Crippen molar-refractivity contribution in [3.8, 4) is 17.0 Å². The van der Waals surface area contributed by atoms with Gasteiger partial charge in [-0.1, -0.05) is 12.1 Å². The average molecular weight is 247 g/mol. The molecule has 1 aromatic heterocycles. The third-order valence-electron chi connectivity index (χ3n) is 2.79. The van der Waals surface area contributed by atoms with Crippen LogP contribution in [0.4, 0.5) is 5.82 Å². The Bertz CT molecular complexity index is 530. The fourth-order valence-corrected chi connectivity index (χ4v) is 1.91. The molecule has 0 amide bonds. The van der Waals surface area contributed by atoms with Crippen LogP contribution in [0.2, 0.25) is 0 Å². The van der Waals surface area contributed by atoms with Crippen LogP contribution in [0.5, 0.6) is 5.75 Å². The molecule has 2 rings (SSSR count). The molecule has 0 radical (unpaired) electrons. The Morgan fingerprint density at radius 2 is 2.11 bits per heavy atom. The molecule has 1 aromatic carbocycles. The highest BCUT2D eigenvalue weighted by Gasteiger charge is 2.13. The van der Waals surface area contributed by atoms with Crippen molar-refractivity contribution in [3.63, 3.8) is 0 Å². The number of aromatic nitrogens is 2. The van der Waals surface area contributed by atoms with Gasteiger partial charge in [-0.15, -0.1) is 0 Å². The van der Waals surface area contributed by atoms with E-state index in [9.17, 15) is 0 Å². The number of nitrogen functional groups attached to an aromatic ring is 1. The van der Waals surface area contributed by atoms with Crippen LogP contribution in [0.15, 0.2) is 24.3 Å². The molecule has 0 saturated carbocycles. The number of anilines is 1. The molecule has 2 N–H and O–H groups in total. The lowest BCUT2D eigenvalue weighted by Gasteiger charge is -2.11. The van der Waals surface area contributed by atoms with Crippen LogP contribution in [0.25, 0.3) is 11.3 Å². The molecule has 0 aliphatic heterocycles. The van der Waals surface area contributed by atoms with Crippen molar-refractivity contribution < 1.29 is 9.47 Å². The van der Waals surface area contributed by atoms with Gasteiger partial charge >= 0.3 is 0 Å². The quantitative estimate of drug-likeness (QED) is 0.895. The van der Waals surface area contributed by atoms with Gasteiger partial charge in [-0.05, 0) is 6.07 Å². The van der Waals surface area contributed by atoms with Gasteiger partial charge in [0.1, 0.15) is 11.6 Å². The minimum atomic E-state index is 0.499. The Morgan fingerprint density at radius 3 is 2.67 bits per heavy atom. The molecule has 0 unspecified atom stereocenters. The highest BCUT2D eigenvalue weighted by Crippen LogP contribution is 2.33. The standard InChI is InChI=1S/C13H17N3O2/c1-16-12(14)7-11(15-16)10-6-4-5-9(8-17-2)13(10)18-3/h4-7H,8,14H2,1-3H3. The van der Waals surface area contributed by atoms with Crippen molar-refractivity contribution in [2.24, 2.45) is 7.05 Å². The molecule has 0 bridgehead atoms. The minimum Gasteiger partial charge on any atom is -0.496 e. The first kappa shape index (κ1) is 12.4. The van der Waals surface area contributed by atoms with Crippen LogP contribution in [-0.4, -0.2) is 24.0 Å². The summed E-state index contributed by atoms with van der Waals surface area (Å²) >= 11 is 0. The lowest BCUT2D eigenvalue weighted by molar-refractivity contribution is 0.181. The predicted octanol–water partition coefficient (Wildman–Crippen LogP) is 1.82. The molecule has 0 spiro atoms. The van der Waals surface area contributed by atoms with E-state index < -0.39 is 0 Å². The third-order valence-corrected chi connectivity index (χ3v) is 2.79. The molecular weight excluding hydrogens is 230 g/mol. The summed E-state index contributed by atoms with van der Waals surface area (Å²) in [5.74, 6) is 1.39. The average Bonchev–Trinajstić information content (AvgIpc) is 2.69.